The van der Waals surface area contributed by atoms with Crippen molar-refractivity contribution >= 4 is 17.4 Å². The lowest BCUT2D eigenvalue weighted by Gasteiger charge is -2.16. The molecule has 2 aromatic rings. The van der Waals surface area contributed by atoms with E-state index >= 15 is 0 Å². The number of amides is 2. The topological polar surface area (TPSA) is 83.1 Å². The largest absolute Gasteiger partial charge is 0.454 e. The summed E-state index contributed by atoms with van der Waals surface area (Å²) in [6, 6.07) is 10.7. The summed E-state index contributed by atoms with van der Waals surface area (Å²) in [5, 5.41) is 15.8. The third-order valence-electron chi connectivity index (χ3n) is 4.70. The molecule has 2 heterocycles. The molecule has 26 heavy (non-hydrogen) atoms. The van der Waals surface area contributed by atoms with Crippen molar-refractivity contribution < 1.29 is 19.4 Å². The molecule has 7 heteroatoms. The summed E-state index contributed by atoms with van der Waals surface area (Å²) in [5.74, 6) is 1.26. The highest BCUT2D eigenvalue weighted by atomic mass is 16.7. The quantitative estimate of drug-likeness (QED) is 0.784. The Labute approximate surface area is 151 Å². The molecule has 2 aliphatic rings. The van der Waals surface area contributed by atoms with Gasteiger partial charge in [-0.1, -0.05) is 12.1 Å². The van der Waals surface area contributed by atoms with Gasteiger partial charge in [0.1, 0.15) is 0 Å². The summed E-state index contributed by atoms with van der Waals surface area (Å²) in [4.78, 5) is 14.3. The summed E-state index contributed by atoms with van der Waals surface area (Å²) >= 11 is 0. The average Bonchev–Trinajstić information content (AvgIpc) is 3.25. The number of ether oxygens (including phenoxy) is 2. The van der Waals surface area contributed by atoms with E-state index in [2.05, 4.69) is 22.6 Å². The number of likely N-dealkylation sites (N-methyl/N-ethyl adjacent to an activating group) is 1. The second-order valence-corrected chi connectivity index (χ2v) is 6.48. The number of hydrogen-bond acceptors (Lipinski definition) is 5. The first-order valence-electron chi connectivity index (χ1n) is 8.57. The Hall–Kier alpha value is -2.93. The first-order chi connectivity index (χ1) is 12.6. The third-order valence-corrected chi connectivity index (χ3v) is 4.70. The maximum atomic E-state index is 12.1. The molecule has 2 aliphatic heterocycles. The zero-order valence-corrected chi connectivity index (χ0v) is 14.5. The number of aliphatic hydroxyl groups is 1. The zero-order valence-electron chi connectivity index (χ0n) is 14.5. The fourth-order valence-corrected chi connectivity index (χ4v) is 3.25. The van der Waals surface area contributed by atoms with Crippen LogP contribution in [0.1, 0.15) is 17.2 Å². The number of carbonyl (C=O) groups is 1. The Morgan fingerprint density at radius 2 is 2.08 bits per heavy atom. The van der Waals surface area contributed by atoms with E-state index in [1.54, 1.807) is 18.2 Å². The number of fused-ring (bicyclic) bond motifs is 2. The summed E-state index contributed by atoms with van der Waals surface area (Å²) in [5.41, 5.74) is 3.84. The first kappa shape index (κ1) is 16.5. The SMILES string of the molecule is CN1CCc2cc([C@H](O)CNC(=O)Nc3ccc4c(c3)OCO4)ccc21. The van der Waals surface area contributed by atoms with E-state index in [1.165, 1.54) is 11.3 Å². The highest BCUT2D eigenvalue weighted by Gasteiger charge is 2.18. The minimum Gasteiger partial charge on any atom is -0.454 e. The van der Waals surface area contributed by atoms with Gasteiger partial charge in [0.05, 0.1) is 6.10 Å². The van der Waals surface area contributed by atoms with Crippen molar-refractivity contribution in [2.24, 2.45) is 0 Å². The molecule has 0 saturated carbocycles. The molecule has 0 unspecified atom stereocenters. The number of aliphatic hydroxyl groups excluding tert-OH is 1. The molecule has 0 bridgehead atoms. The van der Waals surface area contributed by atoms with Crippen LogP contribution in [0.15, 0.2) is 36.4 Å². The second-order valence-electron chi connectivity index (χ2n) is 6.48. The second kappa shape index (κ2) is 6.76. The van der Waals surface area contributed by atoms with Crippen LogP contribution in [-0.2, 0) is 6.42 Å². The Morgan fingerprint density at radius 1 is 1.23 bits per heavy atom. The highest BCUT2D eigenvalue weighted by Crippen LogP contribution is 2.34. The third kappa shape index (κ3) is 3.25. The molecule has 0 radical (unpaired) electrons. The van der Waals surface area contributed by atoms with Crippen molar-refractivity contribution in [3.63, 3.8) is 0 Å². The molecule has 136 valence electrons. The molecular formula is C19H21N3O4. The van der Waals surface area contributed by atoms with Crippen molar-refractivity contribution in [1.82, 2.24) is 5.32 Å². The normalized spacial score (nSPS) is 15.5. The van der Waals surface area contributed by atoms with Gasteiger partial charge in [-0.3, -0.25) is 0 Å². The number of carbonyl (C=O) groups excluding carboxylic acids is 1. The van der Waals surface area contributed by atoms with Gasteiger partial charge in [0.15, 0.2) is 11.5 Å². The molecule has 0 aromatic heterocycles. The Balaban J connectivity index is 1.33. The predicted molar refractivity (Wildman–Crippen MR) is 98.0 cm³/mol. The summed E-state index contributed by atoms with van der Waals surface area (Å²) < 4.78 is 10.5. The van der Waals surface area contributed by atoms with Crippen LogP contribution in [0.4, 0.5) is 16.2 Å². The number of anilines is 2. The minimum absolute atomic E-state index is 0.130. The maximum Gasteiger partial charge on any atom is 0.319 e. The van der Waals surface area contributed by atoms with Gasteiger partial charge in [0.2, 0.25) is 6.79 Å². The van der Waals surface area contributed by atoms with Crippen molar-refractivity contribution in [1.29, 1.82) is 0 Å². The molecule has 1 atom stereocenters. The minimum atomic E-state index is -0.756. The number of urea groups is 1. The number of rotatable bonds is 4. The van der Waals surface area contributed by atoms with E-state index in [4.69, 9.17) is 9.47 Å². The molecule has 0 saturated heterocycles. The number of benzene rings is 2. The fraction of sp³-hybridized carbons (Fsp3) is 0.316. The molecule has 3 N–H and O–H groups in total. The number of hydrogen-bond donors (Lipinski definition) is 3. The average molecular weight is 355 g/mol. The lowest BCUT2D eigenvalue weighted by molar-refractivity contribution is 0.174. The van der Waals surface area contributed by atoms with Crippen LogP contribution >= 0.6 is 0 Å². The Kier molecular flexibility index (Phi) is 4.30. The molecule has 2 amide bonds. The Bertz CT molecular complexity index is 840. The maximum absolute atomic E-state index is 12.1. The zero-order chi connectivity index (χ0) is 18.1. The Morgan fingerprint density at radius 3 is 2.96 bits per heavy atom. The predicted octanol–water partition coefficient (Wildman–Crippen LogP) is 2.26. The molecular weight excluding hydrogens is 334 g/mol. The van der Waals surface area contributed by atoms with Crippen molar-refractivity contribution in [2.45, 2.75) is 12.5 Å². The van der Waals surface area contributed by atoms with Crippen LogP contribution in [0.2, 0.25) is 0 Å². The van der Waals surface area contributed by atoms with Gasteiger partial charge in [-0.05, 0) is 35.7 Å². The smallest absolute Gasteiger partial charge is 0.319 e. The van der Waals surface area contributed by atoms with Gasteiger partial charge in [0.25, 0.3) is 0 Å². The molecule has 0 aliphatic carbocycles. The van der Waals surface area contributed by atoms with Gasteiger partial charge >= 0.3 is 6.03 Å². The van der Waals surface area contributed by atoms with Crippen molar-refractivity contribution in [2.75, 3.05) is 37.1 Å². The van der Waals surface area contributed by atoms with Gasteiger partial charge in [-0.2, -0.15) is 0 Å². The van der Waals surface area contributed by atoms with E-state index in [-0.39, 0.29) is 19.4 Å². The van der Waals surface area contributed by atoms with E-state index < -0.39 is 6.10 Å². The lowest BCUT2D eigenvalue weighted by atomic mass is 10.0. The van der Waals surface area contributed by atoms with Crippen LogP contribution in [0.25, 0.3) is 0 Å². The highest BCUT2D eigenvalue weighted by molar-refractivity contribution is 5.89. The summed E-state index contributed by atoms with van der Waals surface area (Å²) in [6.45, 7) is 1.31. The van der Waals surface area contributed by atoms with E-state index in [1.807, 2.05) is 18.2 Å². The first-order valence-corrected chi connectivity index (χ1v) is 8.57. The summed E-state index contributed by atoms with van der Waals surface area (Å²) in [7, 11) is 2.06. The van der Waals surface area contributed by atoms with Gasteiger partial charge in [0, 0.05) is 37.6 Å². The van der Waals surface area contributed by atoms with Gasteiger partial charge in [-0.15, -0.1) is 0 Å². The van der Waals surface area contributed by atoms with Crippen LogP contribution in [0, 0.1) is 0 Å². The molecule has 4 rings (SSSR count). The fourth-order valence-electron chi connectivity index (χ4n) is 3.25. The molecule has 2 aromatic carbocycles. The number of nitrogens with zero attached hydrogens (tertiary/aromatic N) is 1. The van der Waals surface area contributed by atoms with E-state index in [0.29, 0.717) is 17.2 Å². The van der Waals surface area contributed by atoms with E-state index in [9.17, 15) is 9.90 Å². The molecule has 7 nitrogen and oxygen atoms in total. The standard InChI is InChI=1S/C19H21N3O4/c1-22-7-6-12-8-13(2-4-15(12)22)16(23)10-20-19(24)21-14-3-5-17-18(9-14)26-11-25-17/h2-5,8-9,16,23H,6-7,10-11H2,1H3,(H2,20,21,24)/t16-/m1/s1. The molecule has 0 spiro atoms. The van der Waals surface area contributed by atoms with Gasteiger partial charge in [-0.25, -0.2) is 4.79 Å². The lowest BCUT2D eigenvalue weighted by Crippen LogP contribution is -2.32. The summed E-state index contributed by atoms with van der Waals surface area (Å²) in [6.07, 6.45) is 0.221. The van der Waals surface area contributed by atoms with Crippen LogP contribution in [0.3, 0.4) is 0 Å². The number of nitrogens with one attached hydrogen (secondary N) is 2. The van der Waals surface area contributed by atoms with Crippen LogP contribution in [-0.4, -0.2) is 38.1 Å². The molecule has 0 fully saturated rings. The van der Waals surface area contributed by atoms with Crippen LogP contribution < -0.4 is 25.0 Å². The monoisotopic (exact) mass is 355 g/mol. The van der Waals surface area contributed by atoms with Crippen LogP contribution in [0.5, 0.6) is 11.5 Å². The van der Waals surface area contributed by atoms with Gasteiger partial charge < -0.3 is 30.1 Å². The van der Waals surface area contributed by atoms with Crippen molar-refractivity contribution in [3.05, 3.63) is 47.5 Å². The van der Waals surface area contributed by atoms with E-state index in [0.717, 1.165) is 18.5 Å². The van der Waals surface area contributed by atoms with Crippen molar-refractivity contribution in [3.8, 4) is 11.5 Å².